The van der Waals surface area contributed by atoms with Crippen LogP contribution in [0.25, 0.3) is 0 Å². The highest BCUT2D eigenvalue weighted by Gasteiger charge is 2.22. The Morgan fingerprint density at radius 3 is 3.23 bits per heavy atom. The number of rotatable bonds is 2. The zero-order valence-corrected chi connectivity index (χ0v) is 7.82. The first kappa shape index (κ1) is 8.31. The molecule has 1 atom stereocenters. The van der Waals surface area contributed by atoms with Gasteiger partial charge >= 0.3 is 0 Å². The van der Waals surface area contributed by atoms with Crippen molar-refractivity contribution in [1.29, 1.82) is 0 Å². The van der Waals surface area contributed by atoms with E-state index in [-0.39, 0.29) is 6.29 Å². The topological polar surface area (TPSA) is 36.9 Å². The number of hydrogen-bond acceptors (Lipinski definition) is 4. The molecule has 0 saturated heterocycles. The molecule has 0 spiro atoms. The molecule has 1 unspecified atom stereocenters. The largest absolute Gasteiger partial charge is 0.378 e. The van der Waals surface area contributed by atoms with Gasteiger partial charge < -0.3 is 15.0 Å². The number of aliphatic imine (C=N–C) groups is 1. The van der Waals surface area contributed by atoms with Gasteiger partial charge in [-0.15, -0.1) is 0 Å². The van der Waals surface area contributed by atoms with Crippen molar-refractivity contribution in [2.45, 2.75) is 13.2 Å². The van der Waals surface area contributed by atoms with Gasteiger partial charge in [0.1, 0.15) is 0 Å². The van der Waals surface area contributed by atoms with E-state index in [4.69, 9.17) is 4.74 Å². The lowest BCUT2D eigenvalue weighted by molar-refractivity contribution is 0.219. The summed E-state index contributed by atoms with van der Waals surface area (Å²) in [5.41, 5.74) is 2.23. The van der Waals surface area contributed by atoms with Gasteiger partial charge in [-0.1, -0.05) is 0 Å². The third-order valence-electron chi connectivity index (χ3n) is 1.97. The van der Waals surface area contributed by atoms with E-state index < -0.39 is 0 Å². The lowest BCUT2D eigenvalue weighted by Crippen LogP contribution is -2.33. The van der Waals surface area contributed by atoms with Crippen LogP contribution in [0.15, 0.2) is 28.7 Å². The summed E-state index contributed by atoms with van der Waals surface area (Å²) in [7, 11) is 1.68. The summed E-state index contributed by atoms with van der Waals surface area (Å²) in [6, 6.07) is 0. The van der Waals surface area contributed by atoms with Crippen molar-refractivity contribution >= 4 is 6.21 Å². The quantitative estimate of drug-likeness (QED) is 0.676. The Bertz CT molecular complexity index is 293. The van der Waals surface area contributed by atoms with Crippen molar-refractivity contribution in [2.24, 2.45) is 4.99 Å². The molecule has 0 saturated carbocycles. The summed E-state index contributed by atoms with van der Waals surface area (Å²) < 4.78 is 5.03. The lowest BCUT2D eigenvalue weighted by Gasteiger charge is -2.21. The van der Waals surface area contributed by atoms with Gasteiger partial charge in [0.05, 0.1) is 12.3 Å². The number of fused-ring (bicyclic) bond motifs is 1. The fourth-order valence-electron chi connectivity index (χ4n) is 1.44. The molecule has 0 radical (unpaired) electrons. The van der Waals surface area contributed by atoms with Gasteiger partial charge in [0.25, 0.3) is 0 Å². The second-order valence-corrected chi connectivity index (χ2v) is 3.20. The Morgan fingerprint density at radius 1 is 1.62 bits per heavy atom. The highest BCUT2D eigenvalue weighted by atomic mass is 16.5. The molecule has 0 fully saturated rings. The summed E-state index contributed by atoms with van der Waals surface area (Å²) in [6.45, 7) is 2.64. The van der Waals surface area contributed by atoms with Crippen LogP contribution in [-0.4, -0.2) is 31.1 Å². The van der Waals surface area contributed by atoms with Crippen molar-refractivity contribution in [3.05, 3.63) is 23.7 Å². The highest BCUT2D eigenvalue weighted by Crippen LogP contribution is 2.16. The number of nitrogens with one attached hydrogen (secondary N) is 1. The predicted octanol–water partition coefficient (Wildman–Crippen LogP) is 0.651. The minimum atomic E-state index is 0.0360. The van der Waals surface area contributed by atoms with Crippen LogP contribution in [0.3, 0.4) is 0 Å². The van der Waals surface area contributed by atoms with Gasteiger partial charge in [0.15, 0.2) is 6.29 Å². The van der Waals surface area contributed by atoms with E-state index in [1.54, 1.807) is 7.11 Å². The summed E-state index contributed by atoms with van der Waals surface area (Å²) in [5.74, 6) is 0. The van der Waals surface area contributed by atoms with E-state index in [0.29, 0.717) is 6.61 Å². The first-order valence-electron chi connectivity index (χ1n) is 4.25. The van der Waals surface area contributed by atoms with E-state index in [1.807, 2.05) is 24.2 Å². The van der Waals surface area contributed by atoms with Crippen LogP contribution < -0.4 is 5.32 Å². The SMILES string of the molecule is COCC1=CN2C=C(C)C=NC2N1. The zero-order valence-electron chi connectivity index (χ0n) is 7.82. The minimum absolute atomic E-state index is 0.0360. The summed E-state index contributed by atoms with van der Waals surface area (Å²) in [4.78, 5) is 6.36. The molecule has 0 aromatic carbocycles. The maximum absolute atomic E-state index is 5.03. The highest BCUT2D eigenvalue weighted by molar-refractivity contribution is 5.78. The maximum Gasteiger partial charge on any atom is 0.199 e. The lowest BCUT2D eigenvalue weighted by atomic mass is 10.3. The molecule has 4 heteroatoms. The van der Waals surface area contributed by atoms with Gasteiger partial charge in [-0.25, -0.2) is 4.99 Å². The van der Waals surface area contributed by atoms with Gasteiger partial charge in [0, 0.05) is 25.7 Å². The smallest absolute Gasteiger partial charge is 0.199 e. The normalized spacial score (nSPS) is 25.1. The van der Waals surface area contributed by atoms with Crippen LogP contribution in [-0.2, 0) is 4.74 Å². The molecule has 0 amide bonds. The molecule has 1 N–H and O–H groups in total. The fourth-order valence-corrected chi connectivity index (χ4v) is 1.44. The molecule has 0 aliphatic carbocycles. The van der Waals surface area contributed by atoms with Crippen LogP contribution in [0.1, 0.15) is 6.92 Å². The van der Waals surface area contributed by atoms with Crippen molar-refractivity contribution < 1.29 is 4.74 Å². The van der Waals surface area contributed by atoms with Crippen molar-refractivity contribution in [3.63, 3.8) is 0 Å². The van der Waals surface area contributed by atoms with Gasteiger partial charge in [-0.05, 0) is 12.5 Å². The summed E-state index contributed by atoms with van der Waals surface area (Å²) in [6.07, 6.45) is 5.99. The number of hydrogen-bond donors (Lipinski definition) is 1. The van der Waals surface area contributed by atoms with E-state index in [1.165, 1.54) is 0 Å². The van der Waals surface area contributed by atoms with Gasteiger partial charge in [-0.2, -0.15) is 0 Å². The van der Waals surface area contributed by atoms with Crippen LogP contribution in [0.4, 0.5) is 0 Å². The van der Waals surface area contributed by atoms with Gasteiger partial charge in [-0.3, -0.25) is 0 Å². The molecule has 70 valence electrons. The van der Waals surface area contributed by atoms with Crippen LogP contribution in [0, 0.1) is 0 Å². The zero-order chi connectivity index (χ0) is 9.26. The Labute approximate surface area is 77.6 Å². The van der Waals surface area contributed by atoms with Crippen molar-refractivity contribution in [1.82, 2.24) is 10.2 Å². The van der Waals surface area contributed by atoms with E-state index in [0.717, 1.165) is 11.3 Å². The average Bonchev–Trinajstić information content (AvgIpc) is 2.46. The number of allylic oxidation sites excluding steroid dienone is 1. The molecule has 2 rings (SSSR count). The third-order valence-corrected chi connectivity index (χ3v) is 1.97. The minimum Gasteiger partial charge on any atom is -0.378 e. The standard InChI is InChI=1S/C9H13N3O/c1-7-3-10-9-11-8(6-13-2)5-12(9)4-7/h3-5,9,11H,6H2,1-2H3. The van der Waals surface area contributed by atoms with Crippen LogP contribution in [0.2, 0.25) is 0 Å². The Balaban J connectivity index is 2.10. The Morgan fingerprint density at radius 2 is 2.46 bits per heavy atom. The second-order valence-electron chi connectivity index (χ2n) is 3.20. The molecule has 13 heavy (non-hydrogen) atoms. The molecule has 2 aliphatic rings. The van der Waals surface area contributed by atoms with E-state index >= 15 is 0 Å². The summed E-state index contributed by atoms with van der Waals surface area (Å²) in [5, 5.41) is 3.23. The first-order chi connectivity index (χ1) is 6.29. The average molecular weight is 179 g/mol. The first-order valence-corrected chi connectivity index (χ1v) is 4.25. The maximum atomic E-state index is 5.03. The number of ether oxygens (including phenoxy) is 1. The van der Waals surface area contributed by atoms with E-state index in [2.05, 4.69) is 16.5 Å². The molecule has 4 nitrogen and oxygen atoms in total. The fraction of sp³-hybridized carbons (Fsp3) is 0.444. The van der Waals surface area contributed by atoms with Gasteiger partial charge in [0.2, 0.25) is 0 Å². The van der Waals surface area contributed by atoms with Crippen LogP contribution >= 0.6 is 0 Å². The second kappa shape index (κ2) is 3.22. The van der Waals surface area contributed by atoms with E-state index in [9.17, 15) is 0 Å². The molecule has 2 heterocycles. The number of nitrogens with zero attached hydrogens (tertiary/aromatic N) is 2. The molecule has 2 aliphatic heterocycles. The Hall–Kier alpha value is -1.29. The molecular formula is C9H13N3O. The molecular weight excluding hydrogens is 166 g/mol. The molecule has 0 bridgehead atoms. The number of methoxy groups -OCH3 is 1. The predicted molar refractivity (Wildman–Crippen MR) is 51.0 cm³/mol. The van der Waals surface area contributed by atoms with Crippen molar-refractivity contribution in [2.75, 3.05) is 13.7 Å². The monoisotopic (exact) mass is 179 g/mol. The molecule has 0 aromatic heterocycles. The van der Waals surface area contributed by atoms with Crippen LogP contribution in [0.5, 0.6) is 0 Å². The third kappa shape index (κ3) is 1.58. The Kier molecular flexibility index (Phi) is 2.06. The molecule has 0 aromatic rings. The summed E-state index contributed by atoms with van der Waals surface area (Å²) >= 11 is 0. The van der Waals surface area contributed by atoms with Crippen molar-refractivity contribution in [3.8, 4) is 0 Å².